The van der Waals surface area contributed by atoms with E-state index in [1.165, 1.54) is 0 Å². The second-order valence-corrected chi connectivity index (χ2v) is 5.15. The first-order valence-electron chi connectivity index (χ1n) is 7.63. The number of rotatable bonds is 4. The van der Waals surface area contributed by atoms with Crippen molar-refractivity contribution in [1.82, 2.24) is 10.6 Å². The first-order valence-corrected chi connectivity index (χ1v) is 7.63. The molecule has 26 heavy (non-hydrogen) atoms. The summed E-state index contributed by atoms with van der Waals surface area (Å²) in [4.78, 5) is 42.6. The lowest BCUT2D eigenvalue weighted by Crippen LogP contribution is -2.35. The SMILES string of the molecule is NC(=O)NC(=O)Cc1ccccc1.NC(=O)NC(=O)Cc1ccccc1. The molecule has 0 heterocycles. The number of hydrogen-bond donors (Lipinski definition) is 4. The summed E-state index contributed by atoms with van der Waals surface area (Å²) in [7, 11) is 0. The number of carbonyl (C=O) groups excluding carboxylic acids is 4. The minimum atomic E-state index is -0.819. The predicted molar refractivity (Wildman–Crippen MR) is 95.7 cm³/mol. The molecule has 0 radical (unpaired) electrons. The fourth-order valence-electron chi connectivity index (χ4n) is 1.93. The predicted octanol–water partition coefficient (Wildman–Crippen LogP) is 0.848. The van der Waals surface area contributed by atoms with Crippen LogP contribution in [0.5, 0.6) is 0 Å². The zero-order valence-electron chi connectivity index (χ0n) is 14.0. The Labute approximate surface area is 150 Å². The number of nitrogens with two attached hydrogens (primary N) is 2. The average molecular weight is 356 g/mol. The zero-order valence-corrected chi connectivity index (χ0v) is 14.0. The lowest BCUT2D eigenvalue weighted by Gasteiger charge is -1.99. The Kier molecular flexibility index (Phi) is 8.60. The standard InChI is InChI=1S/2C9H10N2O2/c2*10-9(13)11-8(12)6-7-4-2-1-3-5-7/h2*1-5H,6H2,(H3,10,11,12,13). The highest BCUT2D eigenvalue weighted by molar-refractivity contribution is 5.94. The van der Waals surface area contributed by atoms with Crippen LogP contribution in [0.4, 0.5) is 9.59 Å². The fourth-order valence-corrected chi connectivity index (χ4v) is 1.93. The van der Waals surface area contributed by atoms with Gasteiger partial charge >= 0.3 is 12.1 Å². The normalized spacial score (nSPS) is 9.23. The van der Waals surface area contributed by atoms with Crippen molar-refractivity contribution in [2.45, 2.75) is 12.8 Å². The zero-order chi connectivity index (χ0) is 19.4. The van der Waals surface area contributed by atoms with Crippen molar-refractivity contribution in [1.29, 1.82) is 0 Å². The Morgan fingerprint density at radius 3 is 1.19 bits per heavy atom. The molecule has 0 spiro atoms. The third-order valence-electron chi connectivity index (χ3n) is 2.94. The number of benzene rings is 2. The molecule has 6 N–H and O–H groups in total. The van der Waals surface area contributed by atoms with E-state index < -0.39 is 23.9 Å². The van der Waals surface area contributed by atoms with E-state index in [2.05, 4.69) is 0 Å². The van der Waals surface area contributed by atoms with Crippen LogP contribution in [0.15, 0.2) is 60.7 Å². The maximum Gasteiger partial charge on any atom is 0.318 e. The molecule has 136 valence electrons. The van der Waals surface area contributed by atoms with E-state index in [0.29, 0.717) is 0 Å². The molecule has 0 atom stereocenters. The van der Waals surface area contributed by atoms with Crippen LogP contribution in [0.3, 0.4) is 0 Å². The molecular weight excluding hydrogens is 336 g/mol. The summed E-state index contributed by atoms with van der Waals surface area (Å²) in [6, 6.07) is 16.6. The van der Waals surface area contributed by atoms with Crippen LogP contribution in [0, 0.1) is 0 Å². The van der Waals surface area contributed by atoms with Gasteiger partial charge in [0, 0.05) is 0 Å². The van der Waals surface area contributed by atoms with Gasteiger partial charge in [-0.25, -0.2) is 9.59 Å². The van der Waals surface area contributed by atoms with Gasteiger partial charge in [-0.15, -0.1) is 0 Å². The average Bonchev–Trinajstić information content (AvgIpc) is 2.55. The number of imide groups is 2. The lowest BCUT2D eigenvalue weighted by molar-refractivity contribution is -0.120. The number of hydrogen-bond acceptors (Lipinski definition) is 4. The summed E-state index contributed by atoms with van der Waals surface area (Å²) >= 11 is 0. The Hall–Kier alpha value is -3.68. The lowest BCUT2D eigenvalue weighted by atomic mass is 10.1. The first kappa shape index (κ1) is 20.4. The largest absolute Gasteiger partial charge is 0.351 e. The second-order valence-electron chi connectivity index (χ2n) is 5.15. The summed E-state index contributed by atoms with van der Waals surface area (Å²) in [6.07, 6.45) is 0.341. The van der Waals surface area contributed by atoms with Gasteiger partial charge in [0.05, 0.1) is 12.8 Å². The monoisotopic (exact) mass is 356 g/mol. The summed E-state index contributed by atoms with van der Waals surface area (Å²) in [5.74, 6) is -0.780. The van der Waals surface area contributed by atoms with E-state index in [4.69, 9.17) is 11.5 Å². The third kappa shape index (κ3) is 9.46. The Morgan fingerprint density at radius 2 is 0.923 bits per heavy atom. The molecule has 0 unspecified atom stereocenters. The molecule has 2 aromatic carbocycles. The molecule has 2 rings (SSSR count). The van der Waals surface area contributed by atoms with Gasteiger partial charge in [0.2, 0.25) is 11.8 Å². The molecule has 0 aromatic heterocycles. The van der Waals surface area contributed by atoms with Gasteiger partial charge in [0.25, 0.3) is 0 Å². The highest BCUT2D eigenvalue weighted by Crippen LogP contribution is 1.99. The summed E-state index contributed by atoms with van der Waals surface area (Å²) in [6.45, 7) is 0. The number of urea groups is 2. The second kappa shape index (κ2) is 11.0. The Balaban J connectivity index is 0.000000260. The minimum absolute atomic E-state index is 0.170. The molecule has 2 aromatic rings. The third-order valence-corrected chi connectivity index (χ3v) is 2.94. The molecular formula is C18H20N4O4. The van der Waals surface area contributed by atoms with Crippen LogP contribution in [0.25, 0.3) is 0 Å². The van der Waals surface area contributed by atoms with Crippen molar-refractivity contribution in [3.63, 3.8) is 0 Å². The van der Waals surface area contributed by atoms with E-state index in [1.54, 1.807) is 24.3 Å². The van der Waals surface area contributed by atoms with Gasteiger partial charge in [0.1, 0.15) is 0 Å². The molecule has 0 saturated heterocycles. The number of carbonyl (C=O) groups is 4. The fraction of sp³-hybridized carbons (Fsp3) is 0.111. The van der Waals surface area contributed by atoms with Crippen LogP contribution in [0.1, 0.15) is 11.1 Å². The van der Waals surface area contributed by atoms with Crippen LogP contribution in [-0.4, -0.2) is 23.9 Å². The maximum atomic E-state index is 11.0. The van der Waals surface area contributed by atoms with Gasteiger partial charge in [-0.1, -0.05) is 60.7 Å². The molecule has 8 heteroatoms. The molecule has 6 amide bonds. The van der Waals surface area contributed by atoms with Crippen molar-refractivity contribution >= 4 is 23.9 Å². The van der Waals surface area contributed by atoms with Gasteiger partial charge in [0.15, 0.2) is 0 Å². The van der Waals surface area contributed by atoms with Crippen molar-refractivity contribution in [3.05, 3.63) is 71.8 Å². The van der Waals surface area contributed by atoms with Crippen LogP contribution < -0.4 is 22.1 Å². The summed E-state index contributed by atoms with van der Waals surface area (Å²) in [5, 5.41) is 3.98. The van der Waals surface area contributed by atoms with Gasteiger partial charge in [-0.3, -0.25) is 20.2 Å². The van der Waals surface area contributed by atoms with Crippen LogP contribution >= 0.6 is 0 Å². The van der Waals surface area contributed by atoms with E-state index in [0.717, 1.165) is 11.1 Å². The number of primary amides is 2. The molecule has 0 aliphatic heterocycles. The minimum Gasteiger partial charge on any atom is -0.351 e. The van der Waals surface area contributed by atoms with Crippen LogP contribution in [0.2, 0.25) is 0 Å². The van der Waals surface area contributed by atoms with Gasteiger partial charge in [-0.2, -0.15) is 0 Å². The van der Waals surface area contributed by atoms with Crippen LogP contribution in [-0.2, 0) is 22.4 Å². The number of nitrogens with one attached hydrogen (secondary N) is 2. The van der Waals surface area contributed by atoms with Gasteiger partial charge in [-0.05, 0) is 11.1 Å². The van der Waals surface area contributed by atoms with E-state index in [9.17, 15) is 19.2 Å². The van der Waals surface area contributed by atoms with E-state index in [-0.39, 0.29) is 12.8 Å². The molecule has 0 aliphatic rings. The maximum absolute atomic E-state index is 11.0. The quantitative estimate of drug-likeness (QED) is 0.643. The molecule has 0 aliphatic carbocycles. The smallest absolute Gasteiger partial charge is 0.318 e. The molecule has 0 bridgehead atoms. The highest BCUT2D eigenvalue weighted by atomic mass is 16.2. The van der Waals surface area contributed by atoms with Crippen molar-refractivity contribution in [2.75, 3.05) is 0 Å². The van der Waals surface area contributed by atoms with E-state index in [1.807, 2.05) is 47.0 Å². The van der Waals surface area contributed by atoms with Crippen molar-refractivity contribution in [2.24, 2.45) is 11.5 Å². The number of amides is 6. The van der Waals surface area contributed by atoms with Crippen molar-refractivity contribution < 1.29 is 19.2 Å². The summed E-state index contributed by atoms with van der Waals surface area (Å²) < 4.78 is 0. The highest BCUT2D eigenvalue weighted by Gasteiger charge is 2.04. The Bertz CT molecular complexity index is 683. The topological polar surface area (TPSA) is 144 Å². The summed E-state index contributed by atoms with van der Waals surface area (Å²) in [5.41, 5.74) is 11.2. The van der Waals surface area contributed by atoms with Gasteiger partial charge < -0.3 is 11.5 Å². The Morgan fingerprint density at radius 1 is 0.615 bits per heavy atom. The molecule has 8 nitrogen and oxygen atoms in total. The van der Waals surface area contributed by atoms with Crippen molar-refractivity contribution in [3.8, 4) is 0 Å². The molecule has 0 fully saturated rings. The first-order chi connectivity index (χ1) is 12.4. The molecule has 0 saturated carbocycles. The van der Waals surface area contributed by atoms with E-state index >= 15 is 0 Å².